The van der Waals surface area contributed by atoms with Gasteiger partial charge in [-0.1, -0.05) is 6.07 Å². The number of anilines is 1. The van der Waals surface area contributed by atoms with Gasteiger partial charge in [-0.15, -0.1) is 0 Å². The molecule has 1 aromatic carbocycles. The summed E-state index contributed by atoms with van der Waals surface area (Å²) < 4.78 is 2.97. The van der Waals surface area contributed by atoms with E-state index in [9.17, 15) is 4.79 Å². The molecular formula is C12H13BrN4O. The van der Waals surface area contributed by atoms with Crippen LogP contribution in [0, 0.1) is 0 Å². The molecule has 1 saturated heterocycles. The summed E-state index contributed by atoms with van der Waals surface area (Å²) in [5, 5.41) is 11.7. The quantitative estimate of drug-likeness (QED) is 0.852. The number of hydrogen-bond acceptors (Lipinski definition) is 3. The van der Waals surface area contributed by atoms with E-state index < -0.39 is 0 Å². The number of amides is 1. The van der Waals surface area contributed by atoms with Crippen LogP contribution in [0.25, 0.3) is 10.9 Å². The molecule has 94 valence electrons. The molecule has 1 aliphatic rings. The van der Waals surface area contributed by atoms with Crippen LogP contribution in [0.2, 0.25) is 0 Å². The Balaban J connectivity index is 2.13. The maximum absolute atomic E-state index is 10.6. The number of aromatic nitrogens is 2. The van der Waals surface area contributed by atoms with Gasteiger partial charge in [-0.3, -0.25) is 9.48 Å². The van der Waals surface area contributed by atoms with Gasteiger partial charge in [0.15, 0.2) is 0 Å². The molecule has 0 aliphatic carbocycles. The van der Waals surface area contributed by atoms with Crippen molar-refractivity contribution in [3.05, 3.63) is 22.8 Å². The van der Waals surface area contributed by atoms with Gasteiger partial charge >= 0.3 is 0 Å². The van der Waals surface area contributed by atoms with E-state index in [0.29, 0.717) is 12.5 Å². The van der Waals surface area contributed by atoms with Gasteiger partial charge in [0.2, 0.25) is 6.41 Å². The topological polar surface area (TPSA) is 59.0 Å². The zero-order valence-electron chi connectivity index (χ0n) is 9.69. The third-order valence-corrected chi connectivity index (χ3v) is 4.05. The summed E-state index contributed by atoms with van der Waals surface area (Å²) in [6, 6.07) is 6.14. The molecular weight excluding hydrogens is 296 g/mol. The van der Waals surface area contributed by atoms with Gasteiger partial charge in [-0.25, -0.2) is 0 Å². The molecule has 1 unspecified atom stereocenters. The van der Waals surface area contributed by atoms with Gasteiger partial charge in [0.05, 0.1) is 11.7 Å². The average Bonchev–Trinajstić information content (AvgIpc) is 2.99. The third kappa shape index (κ3) is 1.81. The van der Waals surface area contributed by atoms with Gasteiger partial charge in [0.25, 0.3) is 0 Å². The van der Waals surface area contributed by atoms with E-state index in [-0.39, 0.29) is 0 Å². The van der Waals surface area contributed by atoms with Gasteiger partial charge in [-0.2, -0.15) is 5.10 Å². The van der Waals surface area contributed by atoms with E-state index >= 15 is 0 Å². The van der Waals surface area contributed by atoms with Crippen molar-refractivity contribution in [2.24, 2.45) is 0 Å². The molecule has 2 heterocycles. The molecule has 3 rings (SSSR count). The summed E-state index contributed by atoms with van der Waals surface area (Å²) in [5.74, 6) is 0. The van der Waals surface area contributed by atoms with Gasteiger partial charge in [0.1, 0.15) is 10.1 Å². The van der Waals surface area contributed by atoms with Gasteiger partial charge < -0.3 is 10.6 Å². The normalized spacial score (nSPS) is 19.3. The molecule has 6 heteroatoms. The number of nitrogens with zero attached hydrogens (tertiary/aromatic N) is 2. The molecule has 1 amide bonds. The highest BCUT2D eigenvalue weighted by Crippen LogP contribution is 2.32. The Morgan fingerprint density at radius 2 is 2.44 bits per heavy atom. The lowest BCUT2D eigenvalue weighted by Gasteiger charge is -2.09. The number of halogens is 1. The SMILES string of the molecule is O=CNc1cccc2c(Br)n(C3CCNC3)nc12. The van der Waals surface area contributed by atoms with Gasteiger partial charge in [-0.05, 0) is 41.0 Å². The predicted molar refractivity (Wildman–Crippen MR) is 73.6 cm³/mol. The van der Waals surface area contributed by atoms with Crippen LogP contribution in [-0.4, -0.2) is 29.3 Å². The van der Waals surface area contributed by atoms with Crippen LogP contribution in [-0.2, 0) is 4.79 Å². The summed E-state index contributed by atoms with van der Waals surface area (Å²) in [7, 11) is 0. The van der Waals surface area contributed by atoms with Crippen molar-refractivity contribution in [2.45, 2.75) is 12.5 Å². The molecule has 2 N–H and O–H groups in total. The number of rotatable bonds is 3. The van der Waals surface area contributed by atoms with Crippen molar-refractivity contribution in [3.8, 4) is 0 Å². The Bertz CT molecular complexity index is 589. The molecule has 1 aromatic heterocycles. The van der Waals surface area contributed by atoms with E-state index in [1.807, 2.05) is 22.9 Å². The molecule has 0 bridgehead atoms. The molecule has 5 nitrogen and oxygen atoms in total. The van der Waals surface area contributed by atoms with Crippen molar-refractivity contribution in [1.82, 2.24) is 15.1 Å². The first-order chi connectivity index (χ1) is 8.81. The second-order valence-electron chi connectivity index (χ2n) is 4.35. The van der Waals surface area contributed by atoms with Crippen molar-refractivity contribution in [2.75, 3.05) is 18.4 Å². The van der Waals surface area contributed by atoms with Crippen LogP contribution in [0.15, 0.2) is 22.8 Å². The summed E-state index contributed by atoms with van der Waals surface area (Å²) in [4.78, 5) is 10.6. The minimum atomic E-state index is 0.371. The van der Waals surface area contributed by atoms with E-state index in [1.165, 1.54) is 0 Å². The van der Waals surface area contributed by atoms with Crippen molar-refractivity contribution in [1.29, 1.82) is 0 Å². The number of hydrogen-bond donors (Lipinski definition) is 2. The minimum absolute atomic E-state index is 0.371. The first-order valence-electron chi connectivity index (χ1n) is 5.89. The van der Waals surface area contributed by atoms with Crippen molar-refractivity contribution >= 4 is 38.9 Å². The second kappa shape index (κ2) is 4.70. The summed E-state index contributed by atoms with van der Waals surface area (Å²) in [6.07, 6.45) is 1.75. The van der Waals surface area contributed by atoms with Gasteiger partial charge in [0, 0.05) is 11.9 Å². The van der Waals surface area contributed by atoms with E-state index in [2.05, 4.69) is 31.7 Å². The summed E-state index contributed by atoms with van der Waals surface area (Å²) >= 11 is 3.60. The van der Waals surface area contributed by atoms with Crippen LogP contribution < -0.4 is 10.6 Å². The standard InChI is InChI=1S/C12H13BrN4O/c13-12-9-2-1-3-10(15-7-18)11(9)16-17(12)8-4-5-14-6-8/h1-3,7-8,14H,4-6H2,(H,15,18). The first-order valence-corrected chi connectivity index (χ1v) is 6.68. The minimum Gasteiger partial charge on any atom is -0.327 e. The Hall–Kier alpha value is -1.40. The number of benzene rings is 1. The molecule has 18 heavy (non-hydrogen) atoms. The summed E-state index contributed by atoms with van der Waals surface area (Å²) in [6.45, 7) is 1.95. The fraction of sp³-hybridized carbons (Fsp3) is 0.333. The van der Waals surface area contributed by atoms with Crippen LogP contribution in [0.3, 0.4) is 0 Å². The molecule has 1 aliphatic heterocycles. The highest BCUT2D eigenvalue weighted by Gasteiger charge is 2.21. The number of nitrogens with one attached hydrogen (secondary N) is 2. The average molecular weight is 309 g/mol. The first kappa shape index (κ1) is 11.7. The predicted octanol–water partition coefficient (Wildman–Crippen LogP) is 1.90. The molecule has 2 aromatic rings. The number of carbonyl (C=O) groups excluding carboxylic acids is 1. The Morgan fingerprint density at radius 1 is 1.56 bits per heavy atom. The highest BCUT2D eigenvalue weighted by atomic mass is 79.9. The zero-order valence-corrected chi connectivity index (χ0v) is 11.3. The Labute approximate surface area is 113 Å². The van der Waals surface area contributed by atoms with Crippen LogP contribution >= 0.6 is 15.9 Å². The fourth-order valence-corrected chi connectivity index (χ4v) is 3.05. The van der Waals surface area contributed by atoms with E-state index in [1.54, 1.807) is 0 Å². The lowest BCUT2D eigenvalue weighted by molar-refractivity contribution is -0.105. The molecule has 0 spiro atoms. The van der Waals surface area contributed by atoms with E-state index in [0.717, 1.165) is 40.7 Å². The van der Waals surface area contributed by atoms with E-state index in [4.69, 9.17) is 0 Å². The van der Waals surface area contributed by atoms with Crippen LogP contribution in [0.1, 0.15) is 12.5 Å². The fourth-order valence-electron chi connectivity index (χ4n) is 2.36. The largest absolute Gasteiger partial charge is 0.327 e. The molecule has 0 radical (unpaired) electrons. The monoisotopic (exact) mass is 308 g/mol. The van der Waals surface area contributed by atoms with Crippen LogP contribution in [0.5, 0.6) is 0 Å². The Morgan fingerprint density at radius 3 is 3.17 bits per heavy atom. The molecule has 0 saturated carbocycles. The molecule has 1 fully saturated rings. The third-order valence-electron chi connectivity index (χ3n) is 3.26. The highest BCUT2D eigenvalue weighted by molar-refractivity contribution is 9.10. The lowest BCUT2D eigenvalue weighted by atomic mass is 10.2. The maximum atomic E-state index is 10.6. The maximum Gasteiger partial charge on any atom is 0.211 e. The lowest BCUT2D eigenvalue weighted by Crippen LogP contribution is -2.14. The molecule has 1 atom stereocenters. The van der Waals surface area contributed by atoms with Crippen LogP contribution in [0.4, 0.5) is 5.69 Å². The Kier molecular flexibility index (Phi) is 3.05. The van der Waals surface area contributed by atoms with Crippen molar-refractivity contribution in [3.63, 3.8) is 0 Å². The summed E-state index contributed by atoms with van der Waals surface area (Å²) in [5.41, 5.74) is 1.57. The zero-order chi connectivity index (χ0) is 12.5. The number of fused-ring (bicyclic) bond motifs is 1. The van der Waals surface area contributed by atoms with Crippen molar-refractivity contribution < 1.29 is 4.79 Å². The second-order valence-corrected chi connectivity index (χ2v) is 5.10. The number of carbonyl (C=O) groups is 1. The smallest absolute Gasteiger partial charge is 0.211 e.